The topological polar surface area (TPSA) is 147 Å². The second-order valence-corrected chi connectivity index (χ2v) is 21.5. The molecule has 1 unspecified atom stereocenters. The molecule has 2 saturated heterocycles. The lowest BCUT2D eigenvalue weighted by molar-refractivity contribution is -0.144. The molecule has 2 spiro atoms. The largest absolute Gasteiger partial charge is 0.376 e. The third-order valence-electron chi connectivity index (χ3n) is 15.1. The van der Waals surface area contributed by atoms with Crippen molar-refractivity contribution in [3.05, 3.63) is 12.3 Å². The first-order chi connectivity index (χ1) is 26.5. The Hall–Kier alpha value is -2.95. The molecule has 5 N–H and O–H groups in total. The number of hydrogen-bond acceptors (Lipinski definition) is 7. The van der Waals surface area contributed by atoms with Gasteiger partial charge in [0.25, 0.3) is 5.91 Å². The Morgan fingerprint density at radius 2 is 1.47 bits per heavy atom. The van der Waals surface area contributed by atoms with E-state index in [2.05, 4.69) is 60.4 Å². The Balaban J connectivity index is 1.43. The van der Waals surface area contributed by atoms with Crippen LogP contribution >= 0.6 is 0 Å². The maximum atomic E-state index is 15.3. The lowest BCUT2D eigenvalue weighted by Gasteiger charge is -2.42. The van der Waals surface area contributed by atoms with E-state index in [1.807, 2.05) is 48.5 Å². The second-order valence-electron chi connectivity index (χ2n) is 21.5. The number of carbonyl (C=O) groups is 4. The number of rotatable bonds is 14. The highest BCUT2D eigenvalue weighted by Crippen LogP contribution is 2.88. The van der Waals surface area contributed by atoms with Gasteiger partial charge in [-0.2, -0.15) is 0 Å². The van der Waals surface area contributed by atoms with Gasteiger partial charge in [-0.05, 0) is 115 Å². The van der Waals surface area contributed by atoms with Gasteiger partial charge in [0.15, 0.2) is 0 Å². The van der Waals surface area contributed by atoms with Crippen LogP contribution in [0.4, 0.5) is 0 Å². The van der Waals surface area contributed by atoms with Gasteiger partial charge in [0, 0.05) is 35.3 Å². The van der Waals surface area contributed by atoms with E-state index in [4.69, 9.17) is 5.41 Å². The molecule has 5 rings (SSSR count). The van der Waals surface area contributed by atoms with E-state index < -0.39 is 41.0 Å². The zero-order valence-electron chi connectivity index (χ0n) is 37.6. The maximum Gasteiger partial charge on any atom is 0.267 e. The normalized spacial score (nSPS) is 27.6. The summed E-state index contributed by atoms with van der Waals surface area (Å²) in [4.78, 5) is 62.1. The van der Waals surface area contributed by atoms with E-state index in [9.17, 15) is 14.4 Å². The van der Waals surface area contributed by atoms with Gasteiger partial charge in [-0.15, -0.1) is 0 Å². The van der Waals surface area contributed by atoms with Crippen molar-refractivity contribution in [1.82, 2.24) is 31.1 Å². The molecule has 3 aliphatic carbocycles. The Bertz CT molecular complexity index is 1530. The Kier molecular flexibility index (Phi) is 13.4. The number of hydrogen-bond donors (Lipinski definition) is 5. The van der Waals surface area contributed by atoms with Crippen LogP contribution in [0, 0.1) is 33.0 Å². The van der Waals surface area contributed by atoms with Crippen molar-refractivity contribution in [1.29, 1.82) is 5.41 Å². The van der Waals surface area contributed by atoms with Crippen LogP contribution in [0.1, 0.15) is 166 Å². The van der Waals surface area contributed by atoms with Crippen molar-refractivity contribution in [2.45, 2.75) is 208 Å². The summed E-state index contributed by atoms with van der Waals surface area (Å²) >= 11 is 0. The Morgan fingerprint density at radius 1 is 0.842 bits per heavy atom. The Labute approximate surface area is 344 Å². The molecule has 5 aliphatic rings. The van der Waals surface area contributed by atoms with Gasteiger partial charge in [0.1, 0.15) is 23.8 Å². The fraction of sp³-hybridized carbons (Fsp3) is 0.848. The third-order valence-corrected chi connectivity index (χ3v) is 15.1. The molecule has 0 bridgehead atoms. The molecule has 11 heteroatoms. The molecule has 3 saturated carbocycles. The van der Waals surface area contributed by atoms with Gasteiger partial charge >= 0.3 is 0 Å². The van der Waals surface area contributed by atoms with Crippen molar-refractivity contribution in [2.24, 2.45) is 27.6 Å². The van der Waals surface area contributed by atoms with Crippen molar-refractivity contribution in [3.63, 3.8) is 0 Å². The van der Waals surface area contributed by atoms with Crippen LogP contribution in [0.2, 0.25) is 0 Å². The molecule has 5 fully saturated rings. The van der Waals surface area contributed by atoms with Crippen LogP contribution in [0.5, 0.6) is 0 Å². The predicted molar refractivity (Wildman–Crippen MR) is 229 cm³/mol. The number of amides is 4. The van der Waals surface area contributed by atoms with Gasteiger partial charge in [0.2, 0.25) is 17.7 Å². The van der Waals surface area contributed by atoms with Gasteiger partial charge < -0.3 is 26.2 Å². The number of nitrogens with zero attached hydrogens (tertiary/aromatic N) is 2. The molecular formula is C46H79N7O4. The quantitative estimate of drug-likeness (QED) is 0.122. The van der Waals surface area contributed by atoms with Crippen molar-refractivity contribution in [2.75, 3.05) is 13.1 Å². The number of fused-ring (bicyclic) bond motifs is 1. The SMILES string of the molecule is C=C(NC(C(=O)N[C@H](C(=O)N1C[C@]2(C[C@H]1C(=O)N[C@@H](CCC)C(=N)C(=O)NC(C)(C)C)C(C)(C)C21CCC1)C(C)(C)C)C1CCCCC1)[C@@H]1CCCCN1C(C)C. The molecule has 2 heterocycles. The van der Waals surface area contributed by atoms with Gasteiger partial charge in [0.05, 0.1) is 6.04 Å². The zero-order valence-corrected chi connectivity index (χ0v) is 37.6. The van der Waals surface area contributed by atoms with E-state index in [0.29, 0.717) is 31.8 Å². The van der Waals surface area contributed by atoms with E-state index >= 15 is 4.79 Å². The third kappa shape index (κ3) is 8.84. The minimum atomic E-state index is -0.875. The summed E-state index contributed by atoms with van der Waals surface area (Å²) in [5.74, 6) is -1.13. The van der Waals surface area contributed by atoms with E-state index in [1.165, 1.54) is 0 Å². The number of piperidine rings is 1. The molecule has 11 nitrogen and oxygen atoms in total. The minimum absolute atomic E-state index is 0.0479. The highest BCUT2D eigenvalue weighted by molar-refractivity contribution is 6.40. The summed E-state index contributed by atoms with van der Waals surface area (Å²) in [7, 11) is 0. The van der Waals surface area contributed by atoms with Gasteiger partial charge in [-0.25, -0.2) is 0 Å². The fourth-order valence-electron chi connectivity index (χ4n) is 11.6. The summed E-state index contributed by atoms with van der Waals surface area (Å²) in [5, 5.41) is 21.7. The van der Waals surface area contributed by atoms with E-state index in [0.717, 1.165) is 82.9 Å². The highest BCUT2D eigenvalue weighted by atomic mass is 16.2. The first-order valence-corrected chi connectivity index (χ1v) is 22.5. The molecule has 0 aromatic carbocycles. The van der Waals surface area contributed by atoms with Crippen LogP contribution in [0.3, 0.4) is 0 Å². The van der Waals surface area contributed by atoms with E-state index in [-0.39, 0.29) is 51.6 Å². The predicted octanol–water partition coefficient (Wildman–Crippen LogP) is 6.85. The summed E-state index contributed by atoms with van der Waals surface area (Å²) in [6, 6.07) is -2.44. The standard InChI is InChI=1S/C46H79N7O4/c1-13-20-32(35(47)39(55)51-43(8,9)10)49-38(54)34-27-46(44(11,12)45(46)24-19-25-45)28-53(34)41(57)37(42(5,6)7)50-40(56)36(31-21-15-14-16-22-31)48-30(4)33-23-17-18-26-52(33)29(2)3/h29,31-34,36-37,47-48H,4,13-28H2,1-3,5-12H3,(H,49,54)(H,50,56)(H,51,55)/t32-,33-,34-,36?,37+,46+/m0/s1. The monoisotopic (exact) mass is 794 g/mol. The van der Waals surface area contributed by atoms with Crippen LogP contribution in [-0.2, 0) is 19.2 Å². The van der Waals surface area contributed by atoms with Crippen molar-refractivity contribution in [3.8, 4) is 0 Å². The van der Waals surface area contributed by atoms with Crippen LogP contribution in [0.25, 0.3) is 0 Å². The first kappa shape index (κ1) is 45.1. The van der Waals surface area contributed by atoms with Crippen LogP contribution in [-0.4, -0.2) is 94.0 Å². The molecule has 0 radical (unpaired) electrons. The average Bonchev–Trinajstić information content (AvgIpc) is 3.32. The molecule has 6 atom stereocenters. The number of likely N-dealkylation sites (tertiary alicyclic amines) is 2. The Morgan fingerprint density at radius 3 is 2.00 bits per heavy atom. The first-order valence-electron chi connectivity index (χ1n) is 22.5. The average molecular weight is 794 g/mol. The highest BCUT2D eigenvalue weighted by Gasteiger charge is 2.85. The molecule has 4 amide bonds. The lowest BCUT2D eigenvalue weighted by Crippen LogP contribution is -2.62. The summed E-state index contributed by atoms with van der Waals surface area (Å²) in [6.45, 7) is 28.6. The molecular weight excluding hydrogens is 715 g/mol. The minimum Gasteiger partial charge on any atom is -0.376 e. The summed E-state index contributed by atoms with van der Waals surface area (Å²) in [5.41, 5.74) is -0.665. The summed E-state index contributed by atoms with van der Waals surface area (Å²) < 4.78 is 0. The van der Waals surface area contributed by atoms with Crippen molar-refractivity contribution >= 4 is 29.3 Å². The molecule has 2 aliphatic heterocycles. The molecule has 322 valence electrons. The van der Waals surface area contributed by atoms with E-state index in [1.54, 1.807) is 4.90 Å². The number of nitrogens with one attached hydrogen (secondary N) is 5. The van der Waals surface area contributed by atoms with Crippen LogP contribution < -0.4 is 21.3 Å². The maximum absolute atomic E-state index is 15.3. The fourth-order valence-corrected chi connectivity index (χ4v) is 11.6. The smallest absolute Gasteiger partial charge is 0.267 e. The molecule has 57 heavy (non-hydrogen) atoms. The van der Waals surface area contributed by atoms with Crippen molar-refractivity contribution < 1.29 is 19.2 Å². The molecule has 0 aromatic rings. The zero-order chi connectivity index (χ0) is 42.3. The lowest BCUT2D eigenvalue weighted by atomic mass is 9.73. The second kappa shape index (κ2) is 17.0. The number of carbonyl (C=O) groups excluding carboxylic acids is 4. The summed E-state index contributed by atoms with van der Waals surface area (Å²) in [6.07, 6.45) is 13.4. The van der Waals surface area contributed by atoms with Gasteiger partial charge in [-0.3, -0.25) is 29.5 Å². The van der Waals surface area contributed by atoms with Gasteiger partial charge in [-0.1, -0.05) is 86.6 Å². The molecule has 0 aromatic heterocycles. The van der Waals surface area contributed by atoms with Crippen LogP contribution in [0.15, 0.2) is 12.3 Å².